The van der Waals surface area contributed by atoms with Gasteiger partial charge in [0, 0.05) is 54.0 Å². The number of aliphatic hydroxyl groups excluding tert-OH is 1. The molecule has 4 aromatic rings. The molecule has 10 nitrogen and oxygen atoms in total. The first-order valence-corrected chi connectivity index (χ1v) is 13.1. The van der Waals surface area contributed by atoms with E-state index in [2.05, 4.69) is 15.6 Å². The highest BCUT2D eigenvalue weighted by molar-refractivity contribution is 6.05. The molecule has 2 aromatic heterocycles. The summed E-state index contributed by atoms with van der Waals surface area (Å²) in [6.45, 7) is 2.62. The Morgan fingerprint density at radius 3 is 2.35 bits per heavy atom. The molecule has 1 atom stereocenters. The fraction of sp³-hybridized carbons (Fsp3) is 0.233. The summed E-state index contributed by atoms with van der Waals surface area (Å²) < 4.78 is 1.88. The molecule has 3 heterocycles. The Bertz CT molecular complexity index is 1480. The van der Waals surface area contributed by atoms with Gasteiger partial charge in [-0.3, -0.25) is 19.4 Å². The van der Waals surface area contributed by atoms with Crippen LogP contribution in [0, 0.1) is 6.92 Å². The van der Waals surface area contributed by atoms with Gasteiger partial charge < -0.3 is 25.2 Å². The van der Waals surface area contributed by atoms with E-state index in [1.54, 1.807) is 48.9 Å². The summed E-state index contributed by atoms with van der Waals surface area (Å²) in [7, 11) is 0. The van der Waals surface area contributed by atoms with Crippen molar-refractivity contribution in [2.75, 3.05) is 18.4 Å². The van der Waals surface area contributed by atoms with E-state index in [0.717, 1.165) is 11.4 Å². The molecule has 40 heavy (non-hydrogen) atoms. The van der Waals surface area contributed by atoms with E-state index in [1.807, 2.05) is 48.0 Å². The summed E-state index contributed by atoms with van der Waals surface area (Å²) in [5, 5.41) is 15.7. The molecule has 1 saturated heterocycles. The van der Waals surface area contributed by atoms with Crippen LogP contribution in [-0.4, -0.2) is 61.6 Å². The zero-order chi connectivity index (χ0) is 28.1. The Labute approximate surface area is 231 Å². The van der Waals surface area contributed by atoms with Crippen molar-refractivity contribution < 1.29 is 19.5 Å². The second-order valence-corrected chi connectivity index (χ2v) is 9.70. The molecular weight excluding hydrogens is 508 g/mol. The zero-order valence-electron chi connectivity index (χ0n) is 22.0. The van der Waals surface area contributed by atoms with Crippen LogP contribution >= 0.6 is 0 Å². The number of rotatable bonds is 7. The van der Waals surface area contributed by atoms with Gasteiger partial charge in [-0.25, -0.2) is 4.98 Å². The number of aromatic nitrogens is 3. The van der Waals surface area contributed by atoms with Crippen molar-refractivity contribution in [2.45, 2.75) is 31.9 Å². The van der Waals surface area contributed by atoms with E-state index in [4.69, 9.17) is 4.98 Å². The highest BCUT2D eigenvalue weighted by Crippen LogP contribution is 2.30. The zero-order valence-corrected chi connectivity index (χ0v) is 22.0. The van der Waals surface area contributed by atoms with Crippen LogP contribution < -0.4 is 10.6 Å². The van der Waals surface area contributed by atoms with Crippen molar-refractivity contribution in [1.82, 2.24) is 24.8 Å². The van der Waals surface area contributed by atoms with Gasteiger partial charge in [0.1, 0.15) is 0 Å². The van der Waals surface area contributed by atoms with Crippen LogP contribution in [0.1, 0.15) is 50.9 Å². The molecule has 1 aliphatic rings. The van der Waals surface area contributed by atoms with Crippen LogP contribution in [0.25, 0.3) is 5.69 Å². The lowest BCUT2D eigenvalue weighted by Gasteiger charge is -2.33. The van der Waals surface area contributed by atoms with Gasteiger partial charge in [0.05, 0.1) is 17.6 Å². The molecule has 1 unspecified atom stereocenters. The maximum Gasteiger partial charge on any atom is 0.272 e. The second-order valence-electron chi connectivity index (χ2n) is 9.70. The van der Waals surface area contributed by atoms with Crippen LogP contribution in [0.4, 0.5) is 5.69 Å². The van der Waals surface area contributed by atoms with E-state index in [0.29, 0.717) is 48.4 Å². The van der Waals surface area contributed by atoms with Crippen molar-refractivity contribution in [3.63, 3.8) is 0 Å². The smallest absolute Gasteiger partial charge is 0.272 e. The molecule has 0 bridgehead atoms. The lowest BCUT2D eigenvalue weighted by molar-refractivity contribution is -0.142. The van der Waals surface area contributed by atoms with Gasteiger partial charge in [0.15, 0.2) is 0 Å². The number of imidazole rings is 1. The molecule has 204 valence electrons. The van der Waals surface area contributed by atoms with Gasteiger partial charge in [-0.15, -0.1) is 0 Å². The Kier molecular flexibility index (Phi) is 7.97. The first kappa shape index (κ1) is 26.8. The Morgan fingerprint density at radius 1 is 0.950 bits per heavy atom. The van der Waals surface area contributed by atoms with Gasteiger partial charge >= 0.3 is 0 Å². The third-order valence-corrected chi connectivity index (χ3v) is 6.97. The van der Waals surface area contributed by atoms with Gasteiger partial charge in [0.2, 0.25) is 6.23 Å². The summed E-state index contributed by atoms with van der Waals surface area (Å²) in [5.41, 5.74) is 3.93. The normalized spacial score (nSPS) is 14.4. The number of benzene rings is 2. The number of hydrogen-bond acceptors (Lipinski definition) is 6. The predicted octanol–water partition coefficient (Wildman–Crippen LogP) is 3.28. The van der Waals surface area contributed by atoms with Gasteiger partial charge in [-0.05, 0) is 68.3 Å². The molecule has 3 amide bonds. The highest BCUT2D eigenvalue weighted by atomic mass is 16.3. The third-order valence-electron chi connectivity index (χ3n) is 6.97. The molecule has 3 N–H and O–H groups in total. The van der Waals surface area contributed by atoms with E-state index >= 15 is 0 Å². The fourth-order valence-corrected chi connectivity index (χ4v) is 4.81. The molecule has 5 rings (SSSR count). The minimum Gasteiger partial charge on any atom is -0.365 e. The van der Waals surface area contributed by atoms with Gasteiger partial charge in [0.25, 0.3) is 17.7 Å². The number of aliphatic hydroxyl groups is 1. The summed E-state index contributed by atoms with van der Waals surface area (Å²) in [6, 6.07) is 19.5. The van der Waals surface area contributed by atoms with Crippen molar-refractivity contribution in [3.05, 3.63) is 108 Å². The summed E-state index contributed by atoms with van der Waals surface area (Å²) in [6.07, 6.45) is 4.76. The van der Waals surface area contributed by atoms with Crippen LogP contribution in [0.2, 0.25) is 0 Å². The molecule has 0 saturated carbocycles. The summed E-state index contributed by atoms with van der Waals surface area (Å²) >= 11 is 0. The number of hydrogen-bond donors (Lipinski definition) is 3. The van der Waals surface area contributed by atoms with Gasteiger partial charge in [-0.1, -0.05) is 18.2 Å². The van der Waals surface area contributed by atoms with Crippen LogP contribution in [0.15, 0.2) is 85.5 Å². The van der Waals surface area contributed by atoms with Crippen LogP contribution in [-0.2, 0) is 4.79 Å². The molecule has 2 aromatic carbocycles. The predicted molar refractivity (Wildman–Crippen MR) is 149 cm³/mol. The maximum absolute atomic E-state index is 13.3. The number of nitrogens with one attached hydrogen (secondary N) is 2. The molecule has 1 aliphatic heterocycles. The average Bonchev–Trinajstić information content (AvgIpc) is 3.53. The van der Waals surface area contributed by atoms with E-state index in [-0.39, 0.29) is 11.8 Å². The molecule has 10 heteroatoms. The number of pyridine rings is 1. The van der Waals surface area contributed by atoms with Crippen molar-refractivity contribution >= 4 is 23.4 Å². The number of nitrogens with zero attached hydrogens (tertiary/aromatic N) is 4. The average molecular weight is 539 g/mol. The molecular formula is C30H30N6O4. The molecule has 0 aliphatic carbocycles. The second kappa shape index (κ2) is 11.9. The fourth-order valence-electron chi connectivity index (χ4n) is 4.81. The number of carbonyl (C=O) groups is 3. The largest absolute Gasteiger partial charge is 0.365 e. The van der Waals surface area contributed by atoms with Crippen molar-refractivity contribution in [2.24, 2.45) is 0 Å². The number of amides is 3. The van der Waals surface area contributed by atoms with E-state index < -0.39 is 18.0 Å². The first-order chi connectivity index (χ1) is 19.4. The van der Waals surface area contributed by atoms with E-state index in [1.165, 1.54) is 4.90 Å². The quantitative estimate of drug-likeness (QED) is 0.310. The molecule has 0 spiro atoms. The minimum atomic E-state index is -1.64. The third kappa shape index (κ3) is 6.08. The number of likely N-dealkylation sites (tertiary alicyclic amines) is 1. The lowest BCUT2D eigenvalue weighted by atomic mass is 9.89. The Hall–Kier alpha value is -4.83. The Morgan fingerprint density at radius 2 is 1.68 bits per heavy atom. The van der Waals surface area contributed by atoms with Crippen molar-refractivity contribution in [3.8, 4) is 5.69 Å². The standard InChI is InChI=1S/C30H30N6O4/c1-20-7-12-25(28(38)33-23-8-10-24(11-9-23)36-18-15-31-19-36)26(32-20)21-13-16-35(17-14-21)30(40)29(39)34-27(37)22-5-3-2-4-6-22/h2-12,15,18-19,21,29,39H,13-14,16-17H2,1H3,(H,33,38)(H,34,37). The highest BCUT2D eigenvalue weighted by Gasteiger charge is 2.31. The summed E-state index contributed by atoms with van der Waals surface area (Å²) in [4.78, 5) is 48.7. The van der Waals surface area contributed by atoms with Crippen LogP contribution in [0.5, 0.6) is 0 Å². The van der Waals surface area contributed by atoms with E-state index in [9.17, 15) is 19.5 Å². The Balaban J connectivity index is 1.21. The number of aryl methyl sites for hydroxylation is 1. The number of anilines is 1. The topological polar surface area (TPSA) is 129 Å². The first-order valence-electron chi connectivity index (χ1n) is 13.1. The van der Waals surface area contributed by atoms with Crippen LogP contribution in [0.3, 0.4) is 0 Å². The minimum absolute atomic E-state index is 0.0376. The molecule has 0 radical (unpaired) electrons. The number of piperidine rings is 1. The maximum atomic E-state index is 13.3. The monoisotopic (exact) mass is 538 g/mol. The number of carbonyl (C=O) groups excluding carboxylic acids is 3. The SMILES string of the molecule is Cc1ccc(C(=O)Nc2ccc(-n3ccnc3)cc2)c(C2CCN(C(=O)C(O)NC(=O)c3ccccc3)CC2)n1. The van der Waals surface area contributed by atoms with Gasteiger partial charge in [-0.2, -0.15) is 0 Å². The van der Waals surface area contributed by atoms with Crippen molar-refractivity contribution in [1.29, 1.82) is 0 Å². The summed E-state index contributed by atoms with van der Waals surface area (Å²) in [5.74, 6) is -1.37. The lowest BCUT2D eigenvalue weighted by Crippen LogP contribution is -2.50. The molecule has 1 fully saturated rings.